The molecule has 0 saturated heterocycles. The van der Waals surface area contributed by atoms with Crippen molar-refractivity contribution in [3.8, 4) is 0 Å². The second-order valence-corrected chi connectivity index (χ2v) is 2.54. The molecule has 0 radical (unpaired) electrons. The van der Waals surface area contributed by atoms with E-state index in [0.29, 0.717) is 0 Å². The molecule has 0 N–H and O–H groups in total. The summed E-state index contributed by atoms with van der Waals surface area (Å²) in [5.74, 6) is 0. The van der Waals surface area contributed by atoms with Crippen LogP contribution in [0.3, 0.4) is 0 Å². The summed E-state index contributed by atoms with van der Waals surface area (Å²) >= 11 is 0. The molecule has 0 aromatic carbocycles. The highest BCUT2D eigenvalue weighted by atomic mass is 15.0. The van der Waals surface area contributed by atoms with Crippen molar-refractivity contribution >= 4 is 10.9 Å². The predicted octanol–water partition coefficient (Wildman–Crippen LogP) is 2.06. The number of hydrogen-bond acceptors (Lipinski definition) is 1. The lowest BCUT2D eigenvalue weighted by Crippen LogP contribution is -1.90. The summed E-state index contributed by atoms with van der Waals surface area (Å²) in [5, 5.41) is 1.27. The Kier molecular flexibility index (Phi) is 1.39. The maximum Gasteiger partial charge on any atom is 0.0666 e. The molecule has 0 saturated carbocycles. The molecule has 0 fully saturated rings. The van der Waals surface area contributed by atoms with Crippen molar-refractivity contribution in [2.75, 3.05) is 0 Å². The van der Waals surface area contributed by atoms with Crippen LogP contribution in [-0.4, -0.2) is 9.55 Å². The second kappa shape index (κ2) is 2.38. The van der Waals surface area contributed by atoms with Gasteiger partial charge in [0.1, 0.15) is 0 Å². The summed E-state index contributed by atoms with van der Waals surface area (Å²) in [4.78, 5) is 4.07. The van der Waals surface area contributed by atoms with Crippen LogP contribution >= 0.6 is 0 Å². The number of aromatic nitrogens is 2. The Balaban J connectivity index is 2.76. The molecule has 2 aromatic rings. The van der Waals surface area contributed by atoms with Crippen molar-refractivity contribution in [1.82, 2.24) is 9.55 Å². The van der Waals surface area contributed by atoms with Gasteiger partial charge in [0.25, 0.3) is 0 Å². The topological polar surface area (TPSA) is 17.8 Å². The van der Waals surface area contributed by atoms with Crippen LogP contribution in [0.4, 0.5) is 0 Å². The molecule has 0 amide bonds. The number of nitrogens with zero attached hydrogens (tertiary/aromatic N) is 2. The largest absolute Gasteiger partial charge is 0.347 e. The first-order valence-electron chi connectivity index (χ1n) is 3.80. The van der Waals surface area contributed by atoms with E-state index in [9.17, 15) is 0 Å². The lowest BCUT2D eigenvalue weighted by Gasteiger charge is -1.97. The van der Waals surface area contributed by atoms with Crippen molar-refractivity contribution in [3.05, 3.63) is 30.7 Å². The molecule has 2 aromatic heterocycles. The van der Waals surface area contributed by atoms with Crippen LogP contribution in [0, 0.1) is 0 Å². The molecular weight excluding hydrogens is 136 g/mol. The average Bonchev–Trinajstić information content (AvgIpc) is 2.47. The van der Waals surface area contributed by atoms with Crippen LogP contribution in [0.15, 0.2) is 30.7 Å². The van der Waals surface area contributed by atoms with E-state index in [-0.39, 0.29) is 0 Å². The zero-order valence-electron chi connectivity index (χ0n) is 6.49. The molecule has 0 aliphatic heterocycles. The molecule has 11 heavy (non-hydrogen) atoms. The van der Waals surface area contributed by atoms with Crippen LogP contribution in [0.1, 0.15) is 6.92 Å². The normalized spacial score (nSPS) is 10.6. The molecular formula is C9H10N2. The third kappa shape index (κ3) is 0.909. The minimum Gasteiger partial charge on any atom is -0.347 e. The summed E-state index contributed by atoms with van der Waals surface area (Å²) in [5.41, 5.74) is 1.22. The smallest absolute Gasteiger partial charge is 0.0666 e. The first-order chi connectivity index (χ1) is 5.42. The predicted molar refractivity (Wildman–Crippen MR) is 45.4 cm³/mol. The van der Waals surface area contributed by atoms with Crippen molar-refractivity contribution < 1.29 is 0 Å². The molecule has 2 heterocycles. The van der Waals surface area contributed by atoms with Crippen LogP contribution < -0.4 is 0 Å². The van der Waals surface area contributed by atoms with E-state index in [1.807, 2.05) is 18.5 Å². The fourth-order valence-corrected chi connectivity index (χ4v) is 1.30. The van der Waals surface area contributed by atoms with Crippen LogP contribution in [-0.2, 0) is 6.54 Å². The summed E-state index contributed by atoms with van der Waals surface area (Å²) in [6, 6.07) is 4.14. The Hall–Kier alpha value is -1.31. The number of fused-ring (bicyclic) bond motifs is 1. The van der Waals surface area contributed by atoms with Crippen LogP contribution in [0.5, 0.6) is 0 Å². The Labute approximate surface area is 65.5 Å². The first kappa shape index (κ1) is 6.40. The van der Waals surface area contributed by atoms with Gasteiger partial charge in [0.15, 0.2) is 0 Å². The van der Waals surface area contributed by atoms with Gasteiger partial charge in [-0.25, -0.2) is 0 Å². The van der Waals surface area contributed by atoms with Gasteiger partial charge in [-0.15, -0.1) is 0 Å². The van der Waals surface area contributed by atoms with Gasteiger partial charge < -0.3 is 4.57 Å². The molecule has 2 nitrogen and oxygen atoms in total. The minimum absolute atomic E-state index is 1.01. The maximum absolute atomic E-state index is 4.07. The van der Waals surface area contributed by atoms with E-state index in [1.165, 1.54) is 10.9 Å². The van der Waals surface area contributed by atoms with E-state index >= 15 is 0 Å². The average molecular weight is 146 g/mol. The Morgan fingerprint density at radius 2 is 2.36 bits per heavy atom. The Morgan fingerprint density at radius 3 is 3.18 bits per heavy atom. The van der Waals surface area contributed by atoms with Gasteiger partial charge >= 0.3 is 0 Å². The van der Waals surface area contributed by atoms with Gasteiger partial charge in [-0.1, -0.05) is 0 Å². The van der Waals surface area contributed by atoms with E-state index in [4.69, 9.17) is 0 Å². The molecule has 56 valence electrons. The van der Waals surface area contributed by atoms with E-state index in [2.05, 4.69) is 28.7 Å². The number of aryl methyl sites for hydroxylation is 1. The monoisotopic (exact) mass is 146 g/mol. The SMILES string of the molecule is CCn1ccc2ccncc21. The molecule has 0 atom stereocenters. The molecule has 0 unspecified atom stereocenters. The highest BCUT2D eigenvalue weighted by Crippen LogP contribution is 2.12. The van der Waals surface area contributed by atoms with Crippen molar-refractivity contribution in [3.63, 3.8) is 0 Å². The van der Waals surface area contributed by atoms with Crippen molar-refractivity contribution in [2.45, 2.75) is 13.5 Å². The summed E-state index contributed by atoms with van der Waals surface area (Å²) in [6.07, 6.45) is 5.81. The molecule has 2 heteroatoms. The summed E-state index contributed by atoms with van der Waals surface area (Å²) in [6.45, 7) is 3.14. The fraction of sp³-hybridized carbons (Fsp3) is 0.222. The third-order valence-corrected chi connectivity index (χ3v) is 1.92. The van der Waals surface area contributed by atoms with Gasteiger partial charge in [0.05, 0.1) is 11.7 Å². The van der Waals surface area contributed by atoms with Gasteiger partial charge in [-0.3, -0.25) is 4.98 Å². The lowest BCUT2D eigenvalue weighted by atomic mass is 10.3. The second-order valence-electron chi connectivity index (χ2n) is 2.54. The summed E-state index contributed by atoms with van der Waals surface area (Å²) < 4.78 is 2.18. The van der Waals surface area contributed by atoms with E-state index < -0.39 is 0 Å². The quantitative estimate of drug-likeness (QED) is 0.602. The fourth-order valence-electron chi connectivity index (χ4n) is 1.30. The van der Waals surface area contributed by atoms with Crippen molar-refractivity contribution in [1.29, 1.82) is 0 Å². The molecule has 2 rings (SSSR count). The Morgan fingerprint density at radius 1 is 1.45 bits per heavy atom. The number of pyridine rings is 1. The molecule has 0 aliphatic carbocycles. The highest BCUT2D eigenvalue weighted by Gasteiger charge is 1.95. The van der Waals surface area contributed by atoms with Gasteiger partial charge in [0.2, 0.25) is 0 Å². The zero-order valence-corrected chi connectivity index (χ0v) is 6.49. The standard InChI is InChI=1S/C9H10N2/c1-2-11-6-4-8-3-5-10-7-9(8)11/h3-7H,2H2,1H3. The minimum atomic E-state index is 1.01. The molecule has 0 aliphatic rings. The molecule has 0 bridgehead atoms. The van der Waals surface area contributed by atoms with Crippen LogP contribution in [0.25, 0.3) is 10.9 Å². The Bertz CT molecular complexity index is 362. The van der Waals surface area contributed by atoms with Crippen molar-refractivity contribution in [2.24, 2.45) is 0 Å². The number of rotatable bonds is 1. The highest BCUT2D eigenvalue weighted by molar-refractivity contribution is 5.78. The van der Waals surface area contributed by atoms with Gasteiger partial charge in [0, 0.05) is 24.3 Å². The van der Waals surface area contributed by atoms with E-state index in [1.54, 1.807) is 0 Å². The summed E-state index contributed by atoms with van der Waals surface area (Å²) in [7, 11) is 0. The van der Waals surface area contributed by atoms with Crippen LogP contribution in [0.2, 0.25) is 0 Å². The number of hydrogen-bond donors (Lipinski definition) is 0. The maximum atomic E-state index is 4.07. The lowest BCUT2D eigenvalue weighted by molar-refractivity contribution is 0.796. The van der Waals surface area contributed by atoms with Gasteiger partial charge in [-0.05, 0) is 19.1 Å². The first-order valence-corrected chi connectivity index (χ1v) is 3.80. The molecule has 0 spiro atoms. The van der Waals surface area contributed by atoms with E-state index in [0.717, 1.165) is 6.54 Å². The third-order valence-electron chi connectivity index (χ3n) is 1.92. The zero-order chi connectivity index (χ0) is 7.68. The van der Waals surface area contributed by atoms with Gasteiger partial charge in [-0.2, -0.15) is 0 Å².